The van der Waals surface area contributed by atoms with Crippen LogP contribution in [0.5, 0.6) is 0 Å². The predicted octanol–water partition coefficient (Wildman–Crippen LogP) is 3.14. The highest BCUT2D eigenvalue weighted by atomic mass is 32.2. The largest absolute Gasteiger partial charge is 0.456 e. The zero-order valence-corrected chi connectivity index (χ0v) is 14.5. The number of hydrogen-bond acceptors (Lipinski definition) is 4. The second-order valence-electron chi connectivity index (χ2n) is 6.38. The molecule has 2 fully saturated rings. The summed E-state index contributed by atoms with van der Waals surface area (Å²) in [6.45, 7) is 1.25. The van der Waals surface area contributed by atoms with Gasteiger partial charge in [-0.25, -0.2) is 0 Å². The quantitative estimate of drug-likeness (QED) is 0.849. The van der Waals surface area contributed by atoms with Gasteiger partial charge in [-0.2, -0.15) is 11.6 Å². The van der Waals surface area contributed by atoms with Crippen LogP contribution in [0.2, 0.25) is 0 Å². The van der Waals surface area contributed by atoms with E-state index in [0.717, 1.165) is 13.0 Å². The van der Waals surface area contributed by atoms with Crippen molar-refractivity contribution in [3.05, 3.63) is 71.8 Å². The van der Waals surface area contributed by atoms with Gasteiger partial charge in [-0.05, 0) is 30.5 Å². The van der Waals surface area contributed by atoms with E-state index in [9.17, 15) is 5.11 Å². The Hall–Kier alpha value is -1.27. The van der Waals surface area contributed by atoms with E-state index in [1.165, 1.54) is 17.5 Å². The van der Waals surface area contributed by atoms with Crippen molar-refractivity contribution in [2.45, 2.75) is 24.5 Å². The lowest BCUT2D eigenvalue weighted by Gasteiger charge is -2.36. The first kappa shape index (κ1) is 16.2. The molecule has 0 saturated carbocycles. The summed E-state index contributed by atoms with van der Waals surface area (Å²) in [5.41, 5.74) is 2.02. The van der Waals surface area contributed by atoms with Crippen molar-refractivity contribution < 1.29 is 9.76 Å². The average molecular weight is 339 g/mol. The Morgan fingerprint density at radius 3 is 2.29 bits per heavy atom. The van der Waals surface area contributed by atoms with E-state index in [0.29, 0.717) is 11.8 Å². The van der Waals surface area contributed by atoms with Crippen molar-refractivity contribution in [1.82, 2.24) is 4.81 Å². The molecule has 124 valence electrons. The molecule has 3 nitrogen and oxygen atoms in total. The van der Waals surface area contributed by atoms with Crippen molar-refractivity contribution in [1.29, 1.82) is 0 Å². The van der Waals surface area contributed by atoms with Gasteiger partial charge in [-0.1, -0.05) is 60.7 Å². The lowest BCUT2D eigenvalue weighted by Crippen LogP contribution is -2.41. The summed E-state index contributed by atoms with van der Waals surface area (Å²) in [5.74, 6) is 0.702. The highest BCUT2D eigenvalue weighted by Gasteiger charge is 2.58. The molecule has 4 rings (SSSR count). The molecule has 2 saturated heterocycles. The highest BCUT2D eigenvalue weighted by molar-refractivity contribution is 8.24. The second-order valence-corrected chi connectivity index (χ2v) is 7.53. The molecular weight excluding hydrogens is 317 g/mol. The van der Waals surface area contributed by atoms with Crippen LogP contribution in [0.15, 0.2) is 60.7 Å². The fraction of sp³-hybridized carbons (Fsp3) is 0.368. The number of rotatable bonds is 5. The molecule has 2 aromatic rings. The van der Waals surface area contributed by atoms with Gasteiger partial charge in [0, 0.05) is 11.8 Å². The Morgan fingerprint density at radius 1 is 1.08 bits per heavy atom. The number of hydrogen-bond donors (Lipinski definition) is 1. The number of nitrogens with zero attached hydrogens (tertiary/aromatic N) is 1. The summed E-state index contributed by atoms with van der Waals surface area (Å²) in [6, 6.07) is 21.6. The maximum Gasteiger partial charge on any atom is 0.456 e. The summed E-state index contributed by atoms with van der Waals surface area (Å²) in [5, 5.41) is 9.24. The highest BCUT2D eigenvalue weighted by Crippen LogP contribution is 2.50. The van der Waals surface area contributed by atoms with E-state index in [4.69, 9.17) is 4.65 Å². The average Bonchev–Trinajstić information content (AvgIpc) is 3.24. The molecule has 5 heteroatoms. The Bertz CT molecular complexity index is 630. The molecule has 1 atom stereocenters. The first-order valence-electron chi connectivity index (χ1n) is 8.63. The monoisotopic (exact) mass is 339 g/mol. The van der Waals surface area contributed by atoms with Crippen LogP contribution in [0, 0.1) is 0 Å². The van der Waals surface area contributed by atoms with E-state index in [-0.39, 0.29) is 12.9 Å². The SMILES string of the molecule is OCCSB1OC(c2ccccc2)(c2ccccc2)C2CCCN12. The molecule has 1 unspecified atom stereocenters. The standard InChI is InChI=1S/C19H22BNO2S/c22-14-15-24-20-21-13-7-12-18(21)19(23-20,16-8-3-1-4-9-16)17-10-5-2-6-11-17/h1-6,8-11,18,22H,7,12-15H2. The van der Waals surface area contributed by atoms with Gasteiger partial charge in [0.05, 0.1) is 6.61 Å². The third-order valence-electron chi connectivity index (χ3n) is 5.08. The Labute approximate surface area is 148 Å². The van der Waals surface area contributed by atoms with E-state index in [2.05, 4.69) is 65.5 Å². The van der Waals surface area contributed by atoms with Crippen LogP contribution >= 0.6 is 11.6 Å². The molecule has 2 heterocycles. The molecule has 0 aliphatic carbocycles. The molecule has 0 spiro atoms. The summed E-state index contributed by atoms with van der Waals surface area (Å²) in [7, 11) is 0. The van der Waals surface area contributed by atoms with Crippen LogP contribution in [-0.4, -0.2) is 41.2 Å². The summed E-state index contributed by atoms with van der Waals surface area (Å²) in [4.78, 5) is 2.49. The van der Waals surface area contributed by atoms with E-state index >= 15 is 0 Å². The van der Waals surface area contributed by atoms with E-state index in [1.807, 2.05) is 0 Å². The number of fused-ring (bicyclic) bond motifs is 1. The minimum atomic E-state index is -0.424. The number of aliphatic hydroxyl groups excluding tert-OH is 1. The van der Waals surface area contributed by atoms with Gasteiger partial charge in [-0.3, -0.25) is 0 Å². The first-order chi connectivity index (χ1) is 11.9. The zero-order chi connectivity index (χ0) is 16.4. The third kappa shape index (κ3) is 2.60. The van der Waals surface area contributed by atoms with Crippen LogP contribution in [-0.2, 0) is 10.3 Å². The van der Waals surface area contributed by atoms with Gasteiger partial charge >= 0.3 is 6.33 Å². The van der Waals surface area contributed by atoms with Crippen molar-refractivity contribution in [3.8, 4) is 0 Å². The van der Waals surface area contributed by atoms with E-state index < -0.39 is 5.60 Å². The normalized spacial score (nSPS) is 22.7. The molecular formula is C19H22BNO2S. The van der Waals surface area contributed by atoms with Crippen LogP contribution in [0.4, 0.5) is 0 Å². The summed E-state index contributed by atoms with van der Waals surface area (Å²) < 4.78 is 6.77. The molecule has 0 amide bonds. The minimum absolute atomic E-state index is 0.00469. The van der Waals surface area contributed by atoms with Crippen LogP contribution < -0.4 is 0 Å². The van der Waals surface area contributed by atoms with Gasteiger partial charge in [-0.15, -0.1) is 0 Å². The maximum atomic E-state index is 9.24. The molecule has 1 N–H and O–H groups in total. The fourth-order valence-corrected chi connectivity index (χ4v) is 5.10. The Balaban J connectivity index is 1.82. The lowest BCUT2D eigenvalue weighted by atomic mass is 9.79. The van der Waals surface area contributed by atoms with Crippen molar-refractivity contribution >= 4 is 17.9 Å². The van der Waals surface area contributed by atoms with Gasteiger partial charge in [0.1, 0.15) is 5.60 Å². The Kier molecular flexibility index (Phi) is 4.68. The van der Waals surface area contributed by atoms with Crippen molar-refractivity contribution in [2.75, 3.05) is 18.9 Å². The molecule has 0 aromatic heterocycles. The molecule has 0 bridgehead atoms. The first-order valence-corrected chi connectivity index (χ1v) is 9.68. The Morgan fingerprint density at radius 2 is 1.71 bits per heavy atom. The topological polar surface area (TPSA) is 32.7 Å². The smallest absolute Gasteiger partial charge is 0.397 e. The molecule has 2 aliphatic heterocycles. The molecule has 0 radical (unpaired) electrons. The van der Waals surface area contributed by atoms with Gasteiger partial charge in [0.25, 0.3) is 0 Å². The van der Waals surface area contributed by atoms with Crippen LogP contribution in [0.3, 0.4) is 0 Å². The maximum absolute atomic E-state index is 9.24. The number of aliphatic hydroxyl groups is 1. The van der Waals surface area contributed by atoms with Crippen molar-refractivity contribution in [2.24, 2.45) is 0 Å². The second kappa shape index (κ2) is 6.92. The van der Waals surface area contributed by atoms with Crippen molar-refractivity contribution in [3.63, 3.8) is 0 Å². The fourth-order valence-electron chi connectivity index (χ4n) is 4.13. The predicted molar refractivity (Wildman–Crippen MR) is 99.8 cm³/mol. The number of benzene rings is 2. The van der Waals surface area contributed by atoms with E-state index in [1.54, 1.807) is 11.6 Å². The molecule has 24 heavy (non-hydrogen) atoms. The van der Waals surface area contributed by atoms with Gasteiger partial charge in [0.2, 0.25) is 0 Å². The minimum Gasteiger partial charge on any atom is -0.397 e. The zero-order valence-electron chi connectivity index (χ0n) is 13.7. The summed E-state index contributed by atoms with van der Waals surface area (Å²) in [6.07, 6.45) is 2.34. The van der Waals surface area contributed by atoms with Crippen LogP contribution in [0.1, 0.15) is 24.0 Å². The molecule has 2 aromatic carbocycles. The third-order valence-corrected chi connectivity index (χ3v) is 6.15. The molecule has 2 aliphatic rings. The lowest BCUT2D eigenvalue weighted by molar-refractivity contribution is 0.108. The van der Waals surface area contributed by atoms with Crippen LogP contribution in [0.25, 0.3) is 0 Å². The van der Waals surface area contributed by atoms with Gasteiger partial charge in [0.15, 0.2) is 0 Å². The van der Waals surface area contributed by atoms with Gasteiger partial charge < -0.3 is 14.6 Å². The summed E-state index contributed by atoms with van der Waals surface area (Å²) >= 11 is 1.71.